The third-order valence-electron chi connectivity index (χ3n) is 3.44. The lowest BCUT2D eigenvalue weighted by Crippen LogP contribution is -1.95. The van der Waals surface area contributed by atoms with Gasteiger partial charge in [0.25, 0.3) is 0 Å². The van der Waals surface area contributed by atoms with E-state index in [9.17, 15) is 0 Å². The average molecular weight is 276 g/mol. The third-order valence-corrected chi connectivity index (χ3v) is 3.44. The van der Waals surface area contributed by atoms with Crippen LogP contribution in [0.25, 0.3) is 21.7 Å². The van der Waals surface area contributed by atoms with E-state index in [1.54, 1.807) is 12.4 Å². The molecular formula is C17H12N2O2. The molecule has 0 unspecified atom stereocenters. The van der Waals surface area contributed by atoms with E-state index in [0.717, 1.165) is 21.7 Å². The van der Waals surface area contributed by atoms with E-state index >= 15 is 0 Å². The van der Waals surface area contributed by atoms with Crippen molar-refractivity contribution in [2.24, 2.45) is 0 Å². The molecule has 21 heavy (non-hydrogen) atoms. The fraction of sp³-hybridized carbons (Fsp3) is 0.0588. The highest BCUT2D eigenvalue weighted by molar-refractivity contribution is 5.82. The monoisotopic (exact) mass is 276 g/mol. The fourth-order valence-corrected chi connectivity index (χ4v) is 2.37. The molecule has 4 heteroatoms. The Morgan fingerprint density at radius 1 is 0.952 bits per heavy atom. The van der Waals surface area contributed by atoms with Gasteiger partial charge in [-0.3, -0.25) is 4.98 Å². The number of pyridine rings is 1. The van der Waals surface area contributed by atoms with Gasteiger partial charge >= 0.3 is 0 Å². The quantitative estimate of drug-likeness (QED) is 0.568. The maximum atomic E-state index is 5.86. The van der Waals surface area contributed by atoms with Crippen LogP contribution in [-0.2, 0) is 6.61 Å². The minimum Gasteiger partial charge on any atom is -0.485 e. The van der Waals surface area contributed by atoms with Crippen LogP contribution in [0.2, 0.25) is 0 Å². The minimum atomic E-state index is 0.484. The summed E-state index contributed by atoms with van der Waals surface area (Å²) in [5.74, 6) is 0.708. The molecule has 0 aliphatic carbocycles. The molecule has 0 spiro atoms. The molecule has 0 radical (unpaired) electrons. The third kappa shape index (κ3) is 2.21. The first-order valence-corrected chi connectivity index (χ1v) is 6.69. The van der Waals surface area contributed by atoms with E-state index in [1.807, 2.05) is 36.5 Å². The molecule has 0 aliphatic heterocycles. The lowest BCUT2D eigenvalue weighted by molar-refractivity contribution is 0.301. The van der Waals surface area contributed by atoms with E-state index in [4.69, 9.17) is 9.26 Å². The number of aromatic nitrogens is 2. The zero-order valence-corrected chi connectivity index (χ0v) is 11.2. The molecule has 0 bridgehead atoms. The van der Waals surface area contributed by atoms with E-state index in [2.05, 4.69) is 22.3 Å². The molecule has 0 saturated carbocycles. The van der Waals surface area contributed by atoms with Crippen LogP contribution in [-0.4, -0.2) is 10.1 Å². The highest BCUT2D eigenvalue weighted by Crippen LogP contribution is 2.26. The van der Waals surface area contributed by atoms with Gasteiger partial charge in [0.1, 0.15) is 6.61 Å². The van der Waals surface area contributed by atoms with Crippen molar-refractivity contribution in [2.75, 3.05) is 0 Å². The molecule has 102 valence electrons. The number of benzene rings is 2. The Bertz CT molecular complexity index is 915. The van der Waals surface area contributed by atoms with Crippen LogP contribution in [0.3, 0.4) is 0 Å². The number of fused-ring (bicyclic) bond motifs is 2. The largest absolute Gasteiger partial charge is 0.485 e. The summed E-state index contributed by atoms with van der Waals surface area (Å²) in [4.78, 5) is 4.11. The molecule has 2 aromatic heterocycles. The molecule has 0 atom stereocenters. The van der Waals surface area contributed by atoms with Gasteiger partial charge in [0.05, 0.1) is 6.20 Å². The van der Waals surface area contributed by atoms with Gasteiger partial charge in [0.2, 0.25) is 5.58 Å². The van der Waals surface area contributed by atoms with Gasteiger partial charge in [-0.2, -0.15) is 0 Å². The van der Waals surface area contributed by atoms with Gasteiger partial charge in [-0.05, 0) is 35.2 Å². The van der Waals surface area contributed by atoms with Crippen molar-refractivity contribution >= 4 is 21.7 Å². The first-order chi connectivity index (χ1) is 10.4. The number of para-hydroxylation sites is 1. The van der Waals surface area contributed by atoms with Crippen LogP contribution in [0.4, 0.5) is 0 Å². The van der Waals surface area contributed by atoms with Crippen LogP contribution in [0.1, 0.15) is 5.56 Å². The zero-order valence-electron chi connectivity index (χ0n) is 11.2. The van der Waals surface area contributed by atoms with Crippen LogP contribution < -0.4 is 4.74 Å². The van der Waals surface area contributed by atoms with Crippen LogP contribution >= 0.6 is 0 Å². The van der Waals surface area contributed by atoms with Crippen molar-refractivity contribution in [1.29, 1.82) is 0 Å². The molecule has 0 N–H and O–H groups in total. The number of rotatable bonds is 3. The SMILES string of the molecule is c1cc(OCc2ccc3cnccc3c2)c2oncc2c1. The van der Waals surface area contributed by atoms with Gasteiger partial charge in [0, 0.05) is 23.2 Å². The molecule has 4 aromatic rings. The summed E-state index contributed by atoms with van der Waals surface area (Å²) in [6.45, 7) is 0.484. The topological polar surface area (TPSA) is 48.2 Å². The predicted molar refractivity (Wildman–Crippen MR) is 80.1 cm³/mol. The smallest absolute Gasteiger partial charge is 0.208 e. The highest BCUT2D eigenvalue weighted by Gasteiger charge is 2.06. The predicted octanol–water partition coefficient (Wildman–Crippen LogP) is 3.96. The minimum absolute atomic E-state index is 0.484. The molecular weight excluding hydrogens is 264 g/mol. The Hall–Kier alpha value is -2.88. The summed E-state index contributed by atoms with van der Waals surface area (Å²) in [5, 5.41) is 7.02. The molecule has 0 saturated heterocycles. The van der Waals surface area contributed by atoms with Crippen molar-refractivity contribution in [3.05, 3.63) is 66.6 Å². The van der Waals surface area contributed by atoms with E-state index in [1.165, 1.54) is 0 Å². The Balaban J connectivity index is 1.61. The summed E-state index contributed by atoms with van der Waals surface area (Å²) in [7, 11) is 0. The average Bonchev–Trinajstić information content (AvgIpc) is 3.02. The van der Waals surface area contributed by atoms with Gasteiger partial charge in [-0.15, -0.1) is 0 Å². The number of hydrogen-bond acceptors (Lipinski definition) is 4. The van der Waals surface area contributed by atoms with Gasteiger partial charge in [0.15, 0.2) is 5.75 Å². The van der Waals surface area contributed by atoms with E-state index < -0.39 is 0 Å². The zero-order chi connectivity index (χ0) is 14.1. The molecule has 4 nitrogen and oxygen atoms in total. The summed E-state index contributed by atoms with van der Waals surface area (Å²) < 4.78 is 11.1. The Morgan fingerprint density at radius 2 is 1.95 bits per heavy atom. The van der Waals surface area contributed by atoms with Crippen molar-refractivity contribution in [3.8, 4) is 5.75 Å². The van der Waals surface area contributed by atoms with Gasteiger partial charge < -0.3 is 9.26 Å². The van der Waals surface area contributed by atoms with E-state index in [-0.39, 0.29) is 0 Å². The van der Waals surface area contributed by atoms with Crippen LogP contribution in [0.5, 0.6) is 5.75 Å². The second kappa shape index (κ2) is 4.90. The Morgan fingerprint density at radius 3 is 2.95 bits per heavy atom. The molecule has 0 amide bonds. The van der Waals surface area contributed by atoms with E-state index in [0.29, 0.717) is 17.9 Å². The van der Waals surface area contributed by atoms with Crippen molar-refractivity contribution in [1.82, 2.24) is 10.1 Å². The van der Waals surface area contributed by atoms with Crippen LogP contribution in [0.15, 0.2) is 65.6 Å². The maximum absolute atomic E-state index is 5.86. The van der Waals surface area contributed by atoms with Crippen molar-refractivity contribution < 1.29 is 9.26 Å². The standard InChI is InChI=1S/C17H12N2O2/c1-2-15-10-19-21-17(15)16(3-1)20-11-12-4-5-14-9-18-7-6-13(14)8-12/h1-10H,11H2. The fourth-order valence-electron chi connectivity index (χ4n) is 2.37. The second-order valence-corrected chi connectivity index (χ2v) is 4.85. The summed E-state index contributed by atoms with van der Waals surface area (Å²) in [5.41, 5.74) is 1.78. The Kier molecular flexibility index (Phi) is 2.78. The number of nitrogens with zero attached hydrogens (tertiary/aromatic N) is 2. The maximum Gasteiger partial charge on any atom is 0.208 e. The lowest BCUT2D eigenvalue weighted by Gasteiger charge is -2.07. The highest BCUT2D eigenvalue weighted by atomic mass is 16.5. The Labute approximate surface area is 121 Å². The molecule has 0 aliphatic rings. The van der Waals surface area contributed by atoms with Crippen molar-refractivity contribution in [2.45, 2.75) is 6.61 Å². The number of ether oxygens (including phenoxy) is 1. The second-order valence-electron chi connectivity index (χ2n) is 4.85. The summed E-state index contributed by atoms with van der Waals surface area (Å²) in [6.07, 6.45) is 5.34. The first-order valence-electron chi connectivity index (χ1n) is 6.69. The molecule has 0 fully saturated rings. The molecule has 4 rings (SSSR count). The lowest BCUT2D eigenvalue weighted by atomic mass is 10.1. The summed E-state index contributed by atoms with van der Waals surface area (Å²) >= 11 is 0. The molecule has 2 aromatic carbocycles. The van der Waals surface area contributed by atoms with Gasteiger partial charge in [-0.25, -0.2) is 0 Å². The van der Waals surface area contributed by atoms with Gasteiger partial charge in [-0.1, -0.05) is 23.4 Å². The first kappa shape index (κ1) is 11.9. The summed E-state index contributed by atoms with van der Waals surface area (Å²) in [6, 6.07) is 14.0. The normalized spacial score (nSPS) is 11.0. The molecule has 2 heterocycles. The van der Waals surface area contributed by atoms with Crippen molar-refractivity contribution in [3.63, 3.8) is 0 Å². The number of hydrogen-bond donors (Lipinski definition) is 0. The van der Waals surface area contributed by atoms with Crippen LogP contribution in [0, 0.1) is 0 Å².